The lowest BCUT2D eigenvalue weighted by Crippen LogP contribution is -2.34. The molecule has 0 unspecified atom stereocenters. The van der Waals surface area contributed by atoms with Gasteiger partial charge in [0.1, 0.15) is 0 Å². The van der Waals surface area contributed by atoms with Crippen LogP contribution in [0.2, 0.25) is 0 Å². The molecule has 1 atom stereocenters. The van der Waals surface area contributed by atoms with Gasteiger partial charge in [0.25, 0.3) is 0 Å². The van der Waals surface area contributed by atoms with Gasteiger partial charge in [0, 0.05) is 6.54 Å². The summed E-state index contributed by atoms with van der Waals surface area (Å²) in [5.41, 5.74) is 7.05. The molecule has 2 nitrogen and oxygen atoms in total. The molecule has 1 aliphatic heterocycles. The molecule has 1 saturated heterocycles. The highest BCUT2D eigenvalue weighted by Gasteiger charge is 2.21. The summed E-state index contributed by atoms with van der Waals surface area (Å²) in [4.78, 5) is 0. The van der Waals surface area contributed by atoms with Crippen molar-refractivity contribution in [3.63, 3.8) is 0 Å². The first-order valence-corrected chi connectivity index (χ1v) is 6.94. The number of nitrogens with one attached hydrogen (secondary N) is 1. The standard InChI is InChI=1S/C17H17NO.ClH/c1-2-4-15-12(3-1)9-14-10-13(5-6-16(14)15)17-11-19-8-7-18-17;/h1-6,10,17-18H,7-9,11H2;1H/t17-;/m0./s1. The van der Waals surface area contributed by atoms with Crippen LogP contribution in [0, 0.1) is 0 Å². The Labute approximate surface area is 125 Å². The quantitative estimate of drug-likeness (QED) is 0.741. The largest absolute Gasteiger partial charge is 0.378 e. The van der Waals surface area contributed by atoms with Crippen molar-refractivity contribution in [1.82, 2.24) is 5.32 Å². The Morgan fingerprint density at radius 1 is 1.00 bits per heavy atom. The van der Waals surface area contributed by atoms with Crippen molar-refractivity contribution in [2.24, 2.45) is 0 Å². The maximum atomic E-state index is 5.56. The van der Waals surface area contributed by atoms with Crippen LogP contribution < -0.4 is 5.32 Å². The Hall–Kier alpha value is -1.35. The average Bonchev–Trinajstić information content (AvgIpc) is 2.86. The normalized spacial score (nSPS) is 19.9. The minimum Gasteiger partial charge on any atom is -0.378 e. The van der Waals surface area contributed by atoms with E-state index in [1.807, 2.05) is 0 Å². The highest BCUT2D eigenvalue weighted by atomic mass is 35.5. The lowest BCUT2D eigenvalue weighted by Gasteiger charge is -2.24. The fourth-order valence-electron chi connectivity index (χ4n) is 3.16. The van der Waals surface area contributed by atoms with E-state index in [9.17, 15) is 0 Å². The SMILES string of the molecule is Cl.c1ccc2c(c1)Cc1cc([C@@H]3COCCN3)ccc1-2. The number of hydrogen-bond acceptors (Lipinski definition) is 2. The summed E-state index contributed by atoms with van der Waals surface area (Å²) in [7, 11) is 0. The molecule has 1 fully saturated rings. The van der Waals surface area contributed by atoms with Gasteiger partial charge in [-0.1, -0.05) is 42.5 Å². The average molecular weight is 288 g/mol. The molecule has 3 heteroatoms. The summed E-state index contributed by atoms with van der Waals surface area (Å²) in [6.45, 7) is 2.56. The zero-order valence-electron chi connectivity index (χ0n) is 11.3. The Morgan fingerprint density at radius 2 is 1.85 bits per heavy atom. The highest BCUT2D eigenvalue weighted by molar-refractivity contribution is 5.85. The molecule has 2 aromatic carbocycles. The van der Waals surface area contributed by atoms with Gasteiger partial charge in [-0.05, 0) is 34.2 Å². The van der Waals surface area contributed by atoms with E-state index < -0.39 is 0 Å². The summed E-state index contributed by atoms with van der Waals surface area (Å²) in [5, 5.41) is 3.52. The van der Waals surface area contributed by atoms with Gasteiger partial charge in [0.2, 0.25) is 0 Å². The Bertz CT molecular complexity index is 620. The van der Waals surface area contributed by atoms with Crippen LogP contribution in [0.5, 0.6) is 0 Å². The second-order valence-corrected chi connectivity index (χ2v) is 5.33. The first-order chi connectivity index (χ1) is 9.42. The van der Waals surface area contributed by atoms with Crippen molar-refractivity contribution >= 4 is 12.4 Å². The van der Waals surface area contributed by atoms with Gasteiger partial charge in [-0.2, -0.15) is 0 Å². The second kappa shape index (κ2) is 5.57. The minimum absolute atomic E-state index is 0. The molecular formula is C17H18ClNO. The van der Waals surface area contributed by atoms with E-state index in [1.54, 1.807) is 0 Å². The number of morpholine rings is 1. The van der Waals surface area contributed by atoms with Crippen molar-refractivity contribution < 1.29 is 4.74 Å². The number of hydrogen-bond donors (Lipinski definition) is 1. The summed E-state index contributed by atoms with van der Waals surface area (Å²) in [5.74, 6) is 0. The number of halogens is 1. The van der Waals surface area contributed by atoms with Crippen LogP contribution in [0.25, 0.3) is 11.1 Å². The molecule has 104 valence electrons. The fraction of sp³-hybridized carbons (Fsp3) is 0.294. The van der Waals surface area contributed by atoms with Gasteiger partial charge < -0.3 is 10.1 Å². The van der Waals surface area contributed by atoms with Crippen molar-refractivity contribution in [3.8, 4) is 11.1 Å². The zero-order chi connectivity index (χ0) is 12.7. The maximum absolute atomic E-state index is 5.56. The van der Waals surface area contributed by atoms with Gasteiger partial charge in [-0.25, -0.2) is 0 Å². The lowest BCUT2D eigenvalue weighted by atomic mass is 9.99. The molecule has 1 N–H and O–H groups in total. The zero-order valence-corrected chi connectivity index (χ0v) is 12.1. The van der Waals surface area contributed by atoms with Crippen LogP contribution in [0.3, 0.4) is 0 Å². The summed E-state index contributed by atoms with van der Waals surface area (Å²) >= 11 is 0. The molecule has 0 bridgehead atoms. The molecule has 0 amide bonds. The van der Waals surface area contributed by atoms with Crippen LogP contribution in [0.4, 0.5) is 0 Å². The van der Waals surface area contributed by atoms with E-state index in [0.717, 1.165) is 26.2 Å². The minimum atomic E-state index is 0. The van der Waals surface area contributed by atoms with Crippen molar-refractivity contribution in [2.75, 3.05) is 19.8 Å². The Morgan fingerprint density at radius 3 is 2.70 bits per heavy atom. The van der Waals surface area contributed by atoms with Crippen LogP contribution in [-0.4, -0.2) is 19.8 Å². The predicted molar refractivity (Wildman–Crippen MR) is 83.5 cm³/mol. The number of fused-ring (bicyclic) bond motifs is 3. The Kier molecular flexibility index (Phi) is 3.79. The van der Waals surface area contributed by atoms with Gasteiger partial charge in [-0.15, -0.1) is 12.4 Å². The lowest BCUT2D eigenvalue weighted by molar-refractivity contribution is 0.0769. The van der Waals surface area contributed by atoms with Crippen molar-refractivity contribution in [3.05, 3.63) is 59.2 Å². The van der Waals surface area contributed by atoms with Crippen LogP contribution >= 0.6 is 12.4 Å². The van der Waals surface area contributed by atoms with E-state index in [4.69, 9.17) is 4.74 Å². The van der Waals surface area contributed by atoms with Crippen molar-refractivity contribution in [1.29, 1.82) is 0 Å². The smallest absolute Gasteiger partial charge is 0.0662 e. The predicted octanol–water partition coefficient (Wildman–Crippen LogP) is 3.34. The second-order valence-electron chi connectivity index (χ2n) is 5.33. The maximum Gasteiger partial charge on any atom is 0.0662 e. The molecule has 0 radical (unpaired) electrons. The van der Waals surface area contributed by atoms with Crippen molar-refractivity contribution in [2.45, 2.75) is 12.5 Å². The molecule has 2 aromatic rings. The topological polar surface area (TPSA) is 21.3 Å². The first-order valence-electron chi connectivity index (χ1n) is 6.94. The molecule has 1 aliphatic carbocycles. The third-order valence-electron chi connectivity index (χ3n) is 4.14. The van der Waals surface area contributed by atoms with Crippen LogP contribution in [0.1, 0.15) is 22.7 Å². The number of rotatable bonds is 1. The summed E-state index contributed by atoms with van der Waals surface area (Å²) in [6.07, 6.45) is 1.06. The van der Waals surface area contributed by atoms with E-state index in [2.05, 4.69) is 47.8 Å². The first kappa shape index (κ1) is 13.6. The number of ether oxygens (including phenoxy) is 1. The molecule has 0 aromatic heterocycles. The van der Waals surface area contributed by atoms with Gasteiger partial charge in [0.05, 0.1) is 19.3 Å². The van der Waals surface area contributed by atoms with E-state index >= 15 is 0 Å². The highest BCUT2D eigenvalue weighted by Crippen LogP contribution is 2.37. The van der Waals surface area contributed by atoms with Gasteiger partial charge in [-0.3, -0.25) is 0 Å². The van der Waals surface area contributed by atoms with E-state index in [-0.39, 0.29) is 12.4 Å². The number of benzene rings is 2. The summed E-state index contributed by atoms with van der Waals surface area (Å²) < 4.78 is 5.56. The Balaban J connectivity index is 0.00000121. The monoisotopic (exact) mass is 287 g/mol. The molecule has 0 saturated carbocycles. The van der Waals surface area contributed by atoms with Gasteiger partial charge >= 0.3 is 0 Å². The molecular weight excluding hydrogens is 270 g/mol. The van der Waals surface area contributed by atoms with Gasteiger partial charge in [0.15, 0.2) is 0 Å². The summed E-state index contributed by atoms with van der Waals surface area (Å²) in [6, 6.07) is 15.9. The molecule has 2 aliphatic rings. The molecule has 1 heterocycles. The van der Waals surface area contributed by atoms with Crippen LogP contribution in [-0.2, 0) is 11.2 Å². The molecule has 20 heavy (non-hydrogen) atoms. The third kappa shape index (κ3) is 2.24. The van der Waals surface area contributed by atoms with Crippen LogP contribution in [0.15, 0.2) is 42.5 Å². The third-order valence-corrected chi connectivity index (χ3v) is 4.14. The fourth-order valence-corrected chi connectivity index (χ4v) is 3.16. The van der Waals surface area contributed by atoms with E-state index in [1.165, 1.54) is 27.8 Å². The molecule has 4 rings (SSSR count). The molecule has 0 spiro atoms. The van der Waals surface area contributed by atoms with E-state index in [0.29, 0.717) is 6.04 Å².